The lowest BCUT2D eigenvalue weighted by Crippen LogP contribution is -2.37. The number of benzene rings is 1. The molecule has 0 N–H and O–H groups in total. The van der Waals surface area contributed by atoms with Gasteiger partial charge in [0.05, 0.1) is 6.04 Å². The Morgan fingerprint density at radius 3 is 3.00 bits per heavy atom. The zero-order valence-corrected chi connectivity index (χ0v) is 14.9. The molecule has 2 heterocycles. The summed E-state index contributed by atoms with van der Waals surface area (Å²) >= 11 is 7.74. The number of halogens is 1. The van der Waals surface area contributed by atoms with Crippen LogP contribution in [0.15, 0.2) is 39.8 Å². The van der Waals surface area contributed by atoms with Crippen LogP contribution in [0, 0.1) is 0 Å². The standard InChI is InChI=1S/C17H20ClN3OS/c1-19-17(23-2)21-9-4-3-8-15(21)14-11-16(22-20-14)12-6-5-7-13(18)10-12/h5-7,10-11,15H,3-4,8-9H2,1-2H3/b19-17-/t15-/m1/s1. The summed E-state index contributed by atoms with van der Waals surface area (Å²) in [5, 5.41) is 6.08. The Balaban J connectivity index is 1.88. The van der Waals surface area contributed by atoms with E-state index in [1.807, 2.05) is 37.4 Å². The van der Waals surface area contributed by atoms with Crippen molar-refractivity contribution in [3.8, 4) is 11.3 Å². The maximum Gasteiger partial charge on any atom is 0.167 e. The Hall–Kier alpha value is -1.46. The van der Waals surface area contributed by atoms with Crippen LogP contribution in [0.4, 0.5) is 0 Å². The van der Waals surface area contributed by atoms with Gasteiger partial charge in [-0.05, 0) is 37.7 Å². The summed E-state index contributed by atoms with van der Waals surface area (Å²) in [5.41, 5.74) is 1.92. The van der Waals surface area contributed by atoms with E-state index < -0.39 is 0 Å². The SMILES string of the molecule is C/N=C(\SC)N1CCCC[C@@H]1c1cc(-c2cccc(Cl)c2)on1. The van der Waals surface area contributed by atoms with Crippen molar-refractivity contribution < 1.29 is 4.52 Å². The van der Waals surface area contributed by atoms with Crippen molar-refractivity contribution >= 4 is 28.5 Å². The molecular weight excluding hydrogens is 330 g/mol. The third kappa shape index (κ3) is 3.56. The van der Waals surface area contributed by atoms with Gasteiger partial charge in [-0.2, -0.15) is 0 Å². The molecule has 1 saturated heterocycles. The van der Waals surface area contributed by atoms with Gasteiger partial charge in [-0.1, -0.05) is 40.7 Å². The number of piperidine rings is 1. The second kappa shape index (κ2) is 7.41. The molecule has 122 valence electrons. The molecular formula is C17H20ClN3OS. The predicted molar refractivity (Wildman–Crippen MR) is 97.1 cm³/mol. The summed E-state index contributed by atoms with van der Waals surface area (Å²) in [6.45, 7) is 1.01. The largest absolute Gasteiger partial charge is 0.356 e. The molecule has 2 aromatic rings. The molecule has 0 radical (unpaired) electrons. The molecule has 0 aliphatic carbocycles. The fourth-order valence-corrected chi connectivity index (χ4v) is 3.85. The highest BCUT2D eigenvalue weighted by molar-refractivity contribution is 8.13. The van der Waals surface area contributed by atoms with Crippen LogP contribution in [-0.4, -0.2) is 35.1 Å². The van der Waals surface area contributed by atoms with Gasteiger partial charge in [-0.25, -0.2) is 0 Å². The molecule has 6 heteroatoms. The number of aromatic nitrogens is 1. The zero-order valence-electron chi connectivity index (χ0n) is 13.3. The van der Waals surface area contributed by atoms with E-state index in [4.69, 9.17) is 16.1 Å². The summed E-state index contributed by atoms with van der Waals surface area (Å²) in [7, 11) is 1.84. The number of hydrogen-bond donors (Lipinski definition) is 0. The quantitative estimate of drug-likeness (QED) is 0.573. The van der Waals surface area contributed by atoms with Gasteiger partial charge in [0, 0.05) is 30.2 Å². The first kappa shape index (κ1) is 16.4. The van der Waals surface area contributed by atoms with E-state index in [2.05, 4.69) is 21.3 Å². The van der Waals surface area contributed by atoms with E-state index >= 15 is 0 Å². The molecule has 23 heavy (non-hydrogen) atoms. The van der Waals surface area contributed by atoms with Crippen molar-refractivity contribution in [2.24, 2.45) is 4.99 Å². The normalized spacial score (nSPS) is 19.2. The molecule has 4 nitrogen and oxygen atoms in total. The lowest BCUT2D eigenvalue weighted by molar-refractivity contribution is 0.237. The first-order chi connectivity index (χ1) is 11.2. The van der Waals surface area contributed by atoms with Crippen molar-refractivity contribution in [1.82, 2.24) is 10.1 Å². The number of hydrogen-bond acceptors (Lipinski definition) is 4. The molecule has 1 aliphatic rings. The van der Waals surface area contributed by atoms with Crippen LogP contribution in [0.5, 0.6) is 0 Å². The average Bonchev–Trinajstić information content (AvgIpc) is 3.06. The molecule has 0 saturated carbocycles. The summed E-state index contributed by atoms with van der Waals surface area (Å²) in [6, 6.07) is 9.91. The average molecular weight is 350 g/mol. The molecule has 1 aromatic heterocycles. The first-order valence-corrected chi connectivity index (χ1v) is 9.33. The van der Waals surface area contributed by atoms with Crippen LogP contribution < -0.4 is 0 Å². The van der Waals surface area contributed by atoms with Crippen molar-refractivity contribution in [3.05, 3.63) is 41.0 Å². The van der Waals surface area contributed by atoms with Crippen molar-refractivity contribution in [3.63, 3.8) is 0 Å². The van der Waals surface area contributed by atoms with Crippen LogP contribution >= 0.6 is 23.4 Å². The van der Waals surface area contributed by atoms with Gasteiger partial charge in [0.25, 0.3) is 0 Å². The highest BCUT2D eigenvalue weighted by Gasteiger charge is 2.29. The highest BCUT2D eigenvalue weighted by Crippen LogP contribution is 2.34. The molecule has 0 bridgehead atoms. The molecule has 1 atom stereocenters. The van der Waals surface area contributed by atoms with Crippen LogP contribution in [0.25, 0.3) is 11.3 Å². The smallest absolute Gasteiger partial charge is 0.167 e. The topological polar surface area (TPSA) is 41.6 Å². The molecule has 1 fully saturated rings. The van der Waals surface area contributed by atoms with E-state index in [0.717, 1.165) is 35.2 Å². The minimum absolute atomic E-state index is 0.228. The van der Waals surface area contributed by atoms with Gasteiger partial charge in [0.1, 0.15) is 5.69 Å². The molecule has 1 aromatic carbocycles. The van der Waals surface area contributed by atoms with E-state index in [1.54, 1.807) is 11.8 Å². The molecule has 0 unspecified atom stereocenters. The minimum Gasteiger partial charge on any atom is -0.356 e. The van der Waals surface area contributed by atoms with Crippen LogP contribution in [0.1, 0.15) is 31.0 Å². The highest BCUT2D eigenvalue weighted by atomic mass is 35.5. The summed E-state index contributed by atoms with van der Waals surface area (Å²) < 4.78 is 5.57. The fourth-order valence-electron chi connectivity index (χ4n) is 3.03. The molecule has 1 aliphatic heterocycles. The number of amidine groups is 1. The lowest BCUT2D eigenvalue weighted by atomic mass is 9.99. The van der Waals surface area contributed by atoms with E-state index in [0.29, 0.717) is 5.02 Å². The summed E-state index contributed by atoms with van der Waals surface area (Å²) in [5.74, 6) is 0.757. The zero-order chi connectivity index (χ0) is 16.2. The van der Waals surface area contributed by atoms with Gasteiger partial charge in [0.2, 0.25) is 0 Å². The lowest BCUT2D eigenvalue weighted by Gasteiger charge is -2.36. The third-order valence-corrected chi connectivity index (χ3v) is 5.12. The summed E-state index contributed by atoms with van der Waals surface area (Å²) in [6.07, 6.45) is 5.52. The Labute approximate surface area is 145 Å². The predicted octanol–water partition coefficient (Wildman–Crippen LogP) is 4.87. The van der Waals surface area contributed by atoms with Gasteiger partial charge >= 0.3 is 0 Å². The maximum atomic E-state index is 6.06. The van der Waals surface area contributed by atoms with Crippen molar-refractivity contribution in [1.29, 1.82) is 0 Å². The Morgan fingerprint density at radius 2 is 2.26 bits per heavy atom. The van der Waals surface area contributed by atoms with Crippen LogP contribution in [-0.2, 0) is 0 Å². The Kier molecular flexibility index (Phi) is 5.28. The number of nitrogens with zero attached hydrogens (tertiary/aromatic N) is 3. The second-order valence-electron chi connectivity index (χ2n) is 5.54. The van der Waals surface area contributed by atoms with Crippen LogP contribution in [0.3, 0.4) is 0 Å². The van der Waals surface area contributed by atoms with Gasteiger partial charge in [-0.3, -0.25) is 4.99 Å². The monoisotopic (exact) mass is 349 g/mol. The first-order valence-electron chi connectivity index (χ1n) is 7.73. The van der Waals surface area contributed by atoms with Crippen LogP contribution in [0.2, 0.25) is 5.02 Å². The Morgan fingerprint density at radius 1 is 1.39 bits per heavy atom. The van der Waals surface area contributed by atoms with Crippen molar-refractivity contribution in [2.75, 3.05) is 19.8 Å². The molecule has 0 spiro atoms. The van der Waals surface area contributed by atoms with Gasteiger partial charge in [-0.15, -0.1) is 0 Å². The van der Waals surface area contributed by atoms with E-state index in [9.17, 15) is 0 Å². The number of rotatable bonds is 2. The number of aliphatic imine (C=N–C) groups is 1. The maximum absolute atomic E-state index is 6.06. The molecule has 3 rings (SSSR count). The number of likely N-dealkylation sites (tertiary alicyclic amines) is 1. The second-order valence-corrected chi connectivity index (χ2v) is 6.75. The summed E-state index contributed by atoms with van der Waals surface area (Å²) in [4.78, 5) is 6.75. The van der Waals surface area contributed by atoms with Gasteiger partial charge in [0.15, 0.2) is 10.9 Å². The van der Waals surface area contributed by atoms with Crippen molar-refractivity contribution in [2.45, 2.75) is 25.3 Å². The van der Waals surface area contributed by atoms with E-state index in [1.165, 1.54) is 12.8 Å². The number of thioether (sulfide) groups is 1. The third-order valence-electron chi connectivity index (χ3n) is 4.10. The van der Waals surface area contributed by atoms with Gasteiger partial charge < -0.3 is 9.42 Å². The minimum atomic E-state index is 0.228. The fraction of sp³-hybridized carbons (Fsp3) is 0.412. The van der Waals surface area contributed by atoms with E-state index in [-0.39, 0.29) is 6.04 Å². The molecule has 0 amide bonds. The Bertz CT molecular complexity index is 701.